The number of imide groups is 1. The number of hydrogen-bond donors (Lipinski definition) is 1. The number of benzene rings is 1. The largest absolute Gasteiger partial charge is 0.492 e. The molecule has 2 fully saturated rings. The van der Waals surface area contributed by atoms with Crippen LogP contribution in [-0.4, -0.2) is 42.3 Å². The monoisotopic (exact) mass is 344 g/mol. The van der Waals surface area contributed by atoms with E-state index in [9.17, 15) is 14.4 Å². The zero-order chi connectivity index (χ0) is 17.6. The van der Waals surface area contributed by atoms with E-state index in [1.807, 2.05) is 30.3 Å². The zero-order valence-corrected chi connectivity index (χ0v) is 14.3. The van der Waals surface area contributed by atoms with Crippen molar-refractivity contribution in [2.24, 2.45) is 11.8 Å². The van der Waals surface area contributed by atoms with E-state index in [0.717, 1.165) is 31.4 Å². The first kappa shape index (κ1) is 17.5. The SMILES string of the molecule is O=C(CCN1C(=O)[C@H]2CCCC[C@@H]2C1=O)NCCOc1ccccc1. The van der Waals surface area contributed by atoms with Crippen LogP contribution in [0.25, 0.3) is 0 Å². The number of rotatable bonds is 7. The Morgan fingerprint density at radius 1 is 1.08 bits per heavy atom. The van der Waals surface area contributed by atoms with E-state index in [-0.39, 0.29) is 42.5 Å². The van der Waals surface area contributed by atoms with E-state index in [1.54, 1.807) is 0 Å². The van der Waals surface area contributed by atoms with Crippen LogP contribution in [0.3, 0.4) is 0 Å². The standard InChI is InChI=1S/C19H24N2O4/c22-17(20-11-13-25-14-6-2-1-3-7-14)10-12-21-18(23)15-8-4-5-9-16(15)19(21)24/h1-3,6-7,15-16H,4-5,8-13H2,(H,20,22)/t15-,16-/m0/s1. The van der Waals surface area contributed by atoms with Crippen LogP contribution in [0.2, 0.25) is 0 Å². The minimum Gasteiger partial charge on any atom is -0.492 e. The Morgan fingerprint density at radius 3 is 2.36 bits per heavy atom. The van der Waals surface area contributed by atoms with E-state index < -0.39 is 0 Å². The van der Waals surface area contributed by atoms with Crippen LogP contribution in [-0.2, 0) is 14.4 Å². The first-order chi connectivity index (χ1) is 12.2. The number of carbonyl (C=O) groups is 3. The van der Waals surface area contributed by atoms with Crippen molar-refractivity contribution in [1.82, 2.24) is 10.2 Å². The van der Waals surface area contributed by atoms with Gasteiger partial charge in [-0.25, -0.2) is 0 Å². The summed E-state index contributed by atoms with van der Waals surface area (Å²) in [5.41, 5.74) is 0. The first-order valence-corrected chi connectivity index (χ1v) is 8.96. The maximum atomic E-state index is 12.3. The molecule has 1 aromatic carbocycles. The summed E-state index contributed by atoms with van der Waals surface area (Å²) in [5.74, 6) is 0.108. The second-order valence-corrected chi connectivity index (χ2v) is 6.59. The molecule has 0 spiro atoms. The van der Waals surface area contributed by atoms with Crippen molar-refractivity contribution in [3.05, 3.63) is 30.3 Å². The molecule has 1 aliphatic heterocycles. The first-order valence-electron chi connectivity index (χ1n) is 8.96. The Labute approximate surface area is 147 Å². The molecule has 6 heteroatoms. The lowest BCUT2D eigenvalue weighted by atomic mass is 9.81. The number of para-hydroxylation sites is 1. The molecule has 0 radical (unpaired) electrons. The molecule has 6 nitrogen and oxygen atoms in total. The second kappa shape index (κ2) is 8.14. The quantitative estimate of drug-likeness (QED) is 0.604. The van der Waals surface area contributed by atoms with Crippen LogP contribution >= 0.6 is 0 Å². The highest BCUT2D eigenvalue weighted by atomic mass is 16.5. The number of carbonyl (C=O) groups excluding carboxylic acids is 3. The minimum atomic E-state index is -0.174. The van der Waals surface area contributed by atoms with Gasteiger partial charge in [0.25, 0.3) is 0 Å². The third kappa shape index (κ3) is 4.18. The van der Waals surface area contributed by atoms with Gasteiger partial charge in [-0.2, -0.15) is 0 Å². The van der Waals surface area contributed by atoms with Crippen molar-refractivity contribution in [3.8, 4) is 5.75 Å². The lowest BCUT2D eigenvalue weighted by Crippen LogP contribution is -2.36. The van der Waals surface area contributed by atoms with Crippen LogP contribution in [0.4, 0.5) is 0 Å². The molecule has 3 amide bonds. The molecule has 1 saturated heterocycles. The van der Waals surface area contributed by atoms with E-state index in [1.165, 1.54) is 4.90 Å². The highest BCUT2D eigenvalue weighted by Crippen LogP contribution is 2.37. The molecule has 0 aromatic heterocycles. The van der Waals surface area contributed by atoms with Crippen molar-refractivity contribution in [3.63, 3.8) is 0 Å². The molecule has 3 rings (SSSR count). The lowest BCUT2D eigenvalue weighted by Gasteiger charge is -2.19. The number of nitrogens with one attached hydrogen (secondary N) is 1. The van der Waals surface area contributed by atoms with Crippen molar-refractivity contribution >= 4 is 17.7 Å². The van der Waals surface area contributed by atoms with Gasteiger partial charge in [0.05, 0.1) is 18.4 Å². The molecule has 2 aliphatic rings. The summed E-state index contributed by atoms with van der Waals surface area (Å²) in [7, 11) is 0. The van der Waals surface area contributed by atoms with Gasteiger partial charge in [-0.1, -0.05) is 31.0 Å². The summed E-state index contributed by atoms with van der Waals surface area (Å²) >= 11 is 0. The summed E-state index contributed by atoms with van der Waals surface area (Å²) in [5, 5.41) is 2.76. The molecule has 1 N–H and O–H groups in total. The molecule has 0 unspecified atom stereocenters. The van der Waals surface area contributed by atoms with Gasteiger partial charge in [0.2, 0.25) is 17.7 Å². The smallest absolute Gasteiger partial charge is 0.233 e. The van der Waals surface area contributed by atoms with Gasteiger partial charge in [-0.15, -0.1) is 0 Å². The van der Waals surface area contributed by atoms with Crippen LogP contribution in [0.1, 0.15) is 32.1 Å². The van der Waals surface area contributed by atoms with Gasteiger partial charge in [0, 0.05) is 13.0 Å². The van der Waals surface area contributed by atoms with Gasteiger partial charge in [0.1, 0.15) is 12.4 Å². The summed E-state index contributed by atoms with van der Waals surface area (Å²) < 4.78 is 5.50. The normalized spacial score (nSPS) is 22.6. The van der Waals surface area contributed by atoms with Crippen molar-refractivity contribution < 1.29 is 19.1 Å². The predicted octanol–water partition coefficient (Wildman–Crippen LogP) is 1.75. The fraction of sp³-hybridized carbons (Fsp3) is 0.526. The summed E-state index contributed by atoms with van der Waals surface area (Å²) in [6.07, 6.45) is 3.76. The highest BCUT2D eigenvalue weighted by molar-refractivity contribution is 6.05. The third-order valence-corrected chi connectivity index (χ3v) is 4.93. The predicted molar refractivity (Wildman–Crippen MR) is 91.7 cm³/mol. The fourth-order valence-corrected chi connectivity index (χ4v) is 3.63. The van der Waals surface area contributed by atoms with E-state index in [2.05, 4.69) is 5.32 Å². The van der Waals surface area contributed by atoms with Gasteiger partial charge < -0.3 is 10.1 Å². The summed E-state index contributed by atoms with van der Waals surface area (Å²) in [6, 6.07) is 9.38. The second-order valence-electron chi connectivity index (χ2n) is 6.59. The maximum Gasteiger partial charge on any atom is 0.233 e. The number of ether oxygens (including phenoxy) is 1. The van der Waals surface area contributed by atoms with Crippen LogP contribution in [0.15, 0.2) is 30.3 Å². The minimum absolute atomic E-state index is 0.0880. The van der Waals surface area contributed by atoms with Crippen LogP contribution < -0.4 is 10.1 Å². The molecule has 1 heterocycles. The van der Waals surface area contributed by atoms with E-state index >= 15 is 0 Å². The zero-order valence-electron chi connectivity index (χ0n) is 14.3. The maximum absolute atomic E-state index is 12.3. The lowest BCUT2D eigenvalue weighted by molar-refractivity contribution is -0.140. The Bertz CT molecular complexity index is 608. The molecule has 134 valence electrons. The Balaban J connectivity index is 1.37. The molecule has 2 atom stereocenters. The van der Waals surface area contributed by atoms with E-state index in [0.29, 0.717) is 13.2 Å². The molecular weight excluding hydrogens is 320 g/mol. The number of fused-ring (bicyclic) bond motifs is 1. The van der Waals surface area contributed by atoms with Crippen LogP contribution in [0, 0.1) is 11.8 Å². The van der Waals surface area contributed by atoms with Crippen molar-refractivity contribution in [1.29, 1.82) is 0 Å². The molecule has 1 saturated carbocycles. The fourth-order valence-electron chi connectivity index (χ4n) is 3.63. The number of amides is 3. The van der Waals surface area contributed by atoms with Crippen molar-refractivity contribution in [2.75, 3.05) is 19.7 Å². The molecule has 0 bridgehead atoms. The Hall–Kier alpha value is -2.37. The Kier molecular flexibility index (Phi) is 5.68. The number of likely N-dealkylation sites (tertiary alicyclic amines) is 1. The number of nitrogens with zero attached hydrogens (tertiary/aromatic N) is 1. The van der Waals surface area contributed by atoms with E-state index in [4.69, 9.17) is 4.74 Å². The number of hydrogen-bond acceptors (Lipinski definition) is 4. The molecule has 25 heavy (non-hydrogen) atoms. The average Bonchev–Trinajstić information content (AvgIpc) is 2.89. The van der Waals surface area contributed by atoms with Crippen LogP contribution in [0.5, 0.6) is 5.75 Å². The topological polar surface area (TPSA) is 75.7 Å². The third-order valence-electron chi connectivity index (χ3n) is 4.93. The average molecular weight is 344 g/mol. The van der Waals surface area contributed by atoms with Crippen molar-refractivity contribution in [2.45, 2.75) is 32.1 Å². The summed E-state index contributed by atoms with van der Waals surface area (Å²) in [6.45, 7) is 0.943. The van der Waals surface area contributed by atoms with Gasteiger partial charge in [-0.05, 0) is 25.0 Å². The highest BCUT2D eigenvalue weighted by Gasteiger charge is 2.47. The molecular formula is C19H24N2O4. The Morgan fingerprint density at radius 2 is 1.72 bits per heavy atom. The van der Waals surface area contributed by atoms with Gasteiger partial charge >= 0.3 is 0 Å². The molecule has 1 aromatic rings. The molecule has 1 aliphatic carbocycles. The van der Waals surface area contributed by atoms with Gasteiger partial charge in [-0.3, -0.25) is 19.3 Å². The summed E-state index contributed by atoms with van der Waals surface area (Å²) in [4.78, 5) is 37.9. The van der Waals surface area contributed by atoms with Gasteiger partial charge in [0.15, 0.2) is 0 Å².